The van der Waals surface area contributed by atoms with Crippen molar-refractivity contribution in [2.24, 2.45) is 0 Å². The normalized spacial score (nSPS) is 12.0. The standard InChI is InChI=1S/C26H25N3O3/c1-29(17-24(30)28-19-11-8-12-20(15-19)32-2)25(18-9-4-3-5-10-18)26(31)22-16-27-23-14-7-6-13-21(22)23/h3-16,25,27H,17H2,1-2H3,(H,28,30)/t25-/m1/s1. The third kappa shape index (κ3) is 4.55. The second-order valence-electron chi connectivity index (χ2n) is 7.62. The molecule has 1 aromatic heterocycles. The molecule has 6 nitrogen and oxygen atoms in total. The van der Waals surface area contributed by atoms with Crippen LogP contribution in [0.3, 0.4) is 0 Å². The van der Waals surface area contributed by atoms with Gasteiger partial charge in [0, 0.05) is 34.4 Å². The number of carbonyl (C=O) groups is 2. The van der Waals surface area contributed by atoms with Gasteiger partial charge in [0.1, 0.15) is 5.75 Å². The van der Waals surface area contributed by atoms with Gasteiger partial charge >= 0.3 is 0 Å². The third-order valence-corrected chi connectivity index (χ3v) is 5.41. The Bertz CT molecular complexity index is 1230. The van der Waals surface area contributed by atoms with Crippen LogP contribution in [-0.4, -0.2) is 42.3 Å². The summed E-state index contributed by atoms with van der Waals surface area (Å²) >= 11 is 0. The van der Waals surface area contributed by atoms with Crippen LogP contribution in [0.25, 0.3) is 10.9 Å². The lowest BCUT2D eigenvalue weighted by Crippen LogP contribution is -2.37. The zero-order valence-electron chi connectivity index (χ0n) is 18.0. The number of amides is 1. The zero-order valence-corrected chi connectivity index (χ0v) is 18.0. The number of ketones is 1. The molecule has 162 valence electrons. The monoisotopic (exact) mass is 427 g/mol. The minimum atomic E-state index is -0.605. The lowest BCUT2D eigenvalue weighted by molar-refractivity contribution is -0.117. The van der Waals surface area contributed by atoms with Gasteiger partial charge < -0.3 is 15.0 Å². The molecule has 4 aromatic rings. The summed E-state index contributed by atoms with van der Waals surface area (Å²) in [5, 5.41) is 3.75. The van der Waals surface area contributed by atoms with Crippen LogP contribution in [0.4, 0.5) is 5.69 Å². The van der Waals surface area contributed by atoms with E-state index in [2.05, 4.69) is 10.3 Å². The molecule has 0 saturated carbocycles. The Morgan fingerprint density at radius 2 is 1.75 bits per heavy atom. The number of rotatable bonds is 8. The lowest BCUT2D eigenvalue weighted by atomic mass is 9.96. The number of benzene rings is 3. The third-order valence-electron chi connectivity index (χ3n) is 5.41. The van der Waals surface area contributed by atoms with Gasteiger partial charge in [0.15, 0.2) is 5.78 Å². The molecule has 0 fully saturated rings. The van der Waals surface area contributed by atoms with Crippen molar-refractivity contribution in [3.63, 3.8) is 0 Å². The molecule has 3 aromatic carbocycles. The van der Waals surface area contributed by atoms with Gasteiger partial charge in [0.2, 0.25) is 5.91 Å². The van der Waals surface area contributed by atoms with Crippen LogP contribution in [0, 0.1) is 0 Å². The quantitative estimate of drug-likeness (QED) is 0.401. The first kappa shape index (κ1) is 21.3. The number of Topliss-reactive ketones (excluding diaryl/α,β-unsaturated/α-hetero) is 1. The van der Waals surface area contributed by atoms with E-state index in [9.17, 15) is 9.59 Å². The smallest absolute Gasteiger partial charge is 0.238 e. The molecular formula is C26H25N3O3. The molecular weight excluding hydrogens is 402 g/mol. The average Bonchev–Trinajstić information content (AvgIpc) is 3.24. The van der Waals surface area contributed by atoms with Crippen molar-refractivity contribution in [1.82, 2.24) is 9.88 Å². The molecule has 1 heterocycles. The van der Waals surface area contributed by atoms with E-state index in [0.29, 0.717) is 17.0 Å². The molecule has 4 rings (SSSR count). The molecule has 1 amide bonds. The summed E-state index contributed by atoms with van der Waals surface area (Å²) in [6, 6.07) is 23.8. The number of aromatic nitrogens is 1. The largest absolute Gasteiger partial charge is 0.497 e. The van der Waals surface area contributed by atoms with E-state index in [4.69, 9.17) is 4.74 Å². The second-order valence-corrected chi connectivity index (χ2v) is 7.62. The number of anilines is 1. The number of methoxy groups -OCH3 is 1. The van der Waals surface area contributed by atoms with Gasteiger partial charge in [-0.25, -0.2) is 0 Å². The van der Waals surface area contributed by atoms with Crippen LogP contribution in [0.1, 0.15) is 22.0 Å². The number of hydrogen-bond acceptors (Lipinski definition) is 4. The van der Waals surface area contributed by atoms with E-state index >= 15 is 0 Å². The summed E-state index contributed by atoms with van der Waals surface area (Å²) < 4.78 is 5.21. The van der Waals surface area contributed by atoms with Crippen LogP contribution >= 0.6 is 0 Å². The number of ether oxygens (including phenoxy) is 1. The number of H-pyrrole nitrogens is 1. The zero-order chi connectivity index (χ0) is 22.5. The summed E-state index contributed by atoms with van der Waals surface area (Å²) in [6.07, 6.45) is 1.74. The molecule has 2 N–H and O–H groups in total. The molecule has 0 bridgehead atoms. The van der Waals surface area contributed by atoms with Crippen molar-refractivity contribution in [3.8, 4) is 5.75 Å². The fraction of sp³-hybridized carbons (Fsp3) is 0.154. The topological polar surface area (TPSA) is 74.4 Å². The van der Waals surface area contributed by atoms with Crippen LogP contribution in [0.2, 0.25) is 0 Å². The fourth-order valence-corrected chi connectivity index (χ4v) is 3.88. The minimum Gasteiger partial charge on any atom is -0.497 e. The van der Waals surface area contributed by atoms with Crippen LogP contribution < -0.4 is 10.1 Å². The van der Waals surface area contributed by atoms with Gasteiger partial charge in [0.05, 0.1) is 19.7 Å². The maximum absolute atomic E-state index is 13.7. The number of carbonyl (C=O) groups excluding carboxylic acids is 2. The number of para-hydroxylation sites is 1. The van der Waals surface area contributed by atoms with Crippen molar-refractivity contribution in [3.05, 3.63) is 96.2 Å². The van der Waals surface area contributed by atoms with Crippen molar-refractivity contribution in [1.29, 1.82) is 0 Å². The van der Waals surface area contributed by atoms with Gasteiger partial charge in [0.25, 0.3) is 0 Å². The highest BCUT2D eigenvalue weighted by molar-refractivity contribution is 6.10. The Hall–Kier alpha value is -3.90. The van der Waals surface area contributed by atoms with Crippen LogP contribution in [0.15, 0.2) is 85.1 Å². The highest BCUT2D eigenvalue weighted by Crippen LogP contribution is 2.28. The van der Waals surface area contributed by atoms with Gasteiger partial charge in [-0.05, 0) is 30.8 Å². The van der Waals surface area contributed by atoms with E-state index in [1.165, 1.54) is 0 Å². The van der Waals surface area contributed by atoms with Crippen molar-refractivity contribution >= 4 is 28.3 Å². The van der Waals surface area contributed by atoms with E-state index in [-0.39, 0.29) is 18.2 Å². The molecule has 6 heteroatoms. The first-order chi connectivity index (χ1) is 15.6. The Morgan fingerprint density at radius 1 is 1.00 bits per heavy atom. The predicted octanol–water partition coefficient (Wildman–Crippen LogP) is 4.67. The first-order valence-electron chi connectivity index (χ1n) is 10.4. The summed E-state index contributed by atoms with van der Waals surface area (Å²) in [4.78, 5) is 31.4. The molecule has 1 atom stereocenters. The Kier molecular flexibility index (Phi) is 6.33. The highest BCUT2D eigenvalue weighted by Gasteiger charge is 2.29. The molecule has 0 saturated heterocycles. The number of fused-ring (bicyclic) bond motifs is 1. The summed E-state index contributed by atoms with van der Waals surface area (Å²) in [5.74, 6) is 0.381. The van der Waals surface area contributed by atoms with Crippen molar-refractivity contribution in [2.75, 3.05) is 26.0 Å². The number of aromatic amines is 1. The first-order valence-corrected chi connectivity index (χ1v) is 10.4. The van der Waals surface area contributed by atoms with Crippen molar-refractivity contribution < 1.29 is 14.3 Å². The summed E-state index contributed by atoms with van der Waals surface area (Å²) in [5.41, 5.74) is 2.98. The van der Waals surface area contributed by atoms with Gasteiger partial charge in [-0.1, -0.05) is 54.6 Å². The summed E-state index contributed by atoms with van der Waals surface area (Å²) in [7, 11) is 3.37. The SMILES string of the molecule is COc1cccc(NC(=O)CN(C)[C@@H](C(=O)c2c[nH]c3ccccc23)c2ccccc2)c1. The van der Waals surface area contributed by atoms with Crippen LogP contribution in [0.5, 0.6) is 5.75 Å². The molecule has 0 aliphatic heterocycles. The fourth-order valence-electron chi connectivity index (χ4n) is 3.88. The van der Waals surface area contributed by atoms with Gasteiger partial charge in [-0.2, -0.15) is 0 Å². The number of nitrogens with one attached hydrogen (secondary N) is 2. The Morgan fingerprint density at radius 3 is 2.53 bits per heavy atom. The van der Waals surface area contributed by atoms with E-state index in [0.717, 1.165) is 16.5 Å². The molecule has 0 radical (unpaired) electrons. The number of nitrogens with zero attached hydrogens (tertiary/aromatic N) is 1. The van der Waals surface area contributed by atoms with E-state index in [1.807, 2.05) is 66.7 Å². The van der Waals surface area contributed by atoms with E-state index < -0.39 is 6.04 Å². The summed E-state index contributed by atoms with van der Waals surface area (Å²) in [6.45, 7) is 0.0465. The maximum atomic E-state index is 13.7. The second kappa shape index (κ2) is 9.49. The maximum Gasteiger partial charge on any atom is 0.238 e. The molecule has 0 aliphatic rings. The van der Waals surface area contributed by atoms with Crippen LogP contribution in [-0.2, 0) is 4.79 Å². The Labute approximate surface area is 186 Å². The van der Waals surface area contributed by atoms with Crippen molar-refractivity contribution in [2.45, 2.75) is 6.04 Å². The molecule has 0 spiro atoms. The molecule has 0 unspecified atom stereocenters. The lowest BCUT2D eigenvalue weighted by Gasteiger charge is -2.27. The minimum absolute atomic E-state index is 0.0465. The predicted molar refractivity (Wildman–Crippen MR) is 126 cm³/mol. The van der Waals surface area contributed by atoms with Gasteiger partial charge in [-0.3, -0.25) is 14.5 Å². The van der Waals surface area contributed by atoms with Gasteiger partial charge in [-0.15, -0.1) is 0 Å². The molecule has 32 heavy (non-hydrogen) atoms. The number of hydrogen-bond donors (Lipinski definition) is 2. The molecule has 0 aliphatic carbocycles. The van der Waals surface area contributed by atoms with E-state index in [1.54, 1.807) is 37.4 Å². The Balaban J connectivity index is 1.59. The highest BCUT2D eigenvalue weighted by atomic mass is 16.5. The average molecular weight is 428 g/mol. The number of likely N-dealkylation sites (N-methyl/N-ethyl adjacent to an activating group) is 1.